The Balaban J connectivity index is 1.96. The summed E-state index contributed by atoms with van der Waals surface area (Å²) in [5, 5.41) is 16.2. The molecular weight excluding hydrogens is 270 g/mol. The zero-order valence-electron chi connectivity index (χ0n) is 12.6. The smallest absolute Gasteiger partial charge is 0.303 e. The predicted octanol–water partition coefficient (Wildman–Crippen LogP) is 2.13. The second-order valence-electron chi connectivity index (χ2n) is 5.99. The number of aliphatic carboxylic acids is 1. The largest absolute Gasteiger partial charge is 0.481 e. The van der Waals surface area contributed by atoms with E-state index in [9.17, 15) is 4.79 Å². The topological polar surface area (TPSA) is 92.4 Å². The minimum Gasteiger partial charge on any atom is -0.481 e. The number of nitrogens with one attached hydrogen (secondary N) is 1. The van der Waals surface area contributed by atoms with Crippen molar-refractivity contribution in [3.8, 4) is 0 Å². The van der Waals surface area contributed by atoms with Gasteiger partial charge in [-0.3, -0.25) is 4.79 Å². The molecule has 2 aromatic heterocycles. The summed E-state index contributed by atoms with van der Waals surface area (Å²) in [7, 11) is 0. The summed E-state index contributed by atoms with van der Waals surface area (Å²) in [5.41, 5.74) is 0.859. The number of aromatic nitrogens is 4. The van der Waals surface area contributed by atoms with E-state index in [1.54, 1.807) is 4.52 Å². The van der Waals surface area contributed by atoms with Gasteiger partial charge in [-0.2, -0.15) is 14.6 Å². The maximum atomic E-state index is 10.7. The predicted molar refractivity (Wildman–Crippen MR) is 79.3 cm³/mol. The van der Waals surface area contributed by atoms with Crippen LogP contribution in [0.5, 0.6) is 0 Å². The van der Waals surface area contributed by atoms with Crippen LogP contribution in [0.3, 0.4) is 0 Å². The third-order valence-corrected chi connectivity index (χ3v) is 3.50. The molecule has 0 aliphatic rings. The van der Waals surface area contributed by atoms with E-state index in [1.807, 2.05) is 13.0 Å². The quantitative estimate of drug-likeness (QED) is 0.811. The Morgan fingerprint density at radius 1 is 1.43 bits per heavy atom. The first-order valence-corrected chi connectivity index (χ1v) is 7.00. The van der Waals surface area contributed by atoms with Crippen LogP contribution in [0, 0.1) is 12.3 Å². The zero-order chi connectivity index (χ0) is 15.5. The molecule has 0 saturated carbocycles. The second kappa shape index (κ2) is 6.07. The number of fused-ring (bicyclic) bond motifs is 1. The Labute approximate surface area is 123 Å². The highest BCUT2D eigenvalue weighted by Crippen LogP contribution is 2.26. The maximum Gasteiger partial charge on any atom is 0.303 e. The Bertz CT molecular complexity index is 635. The molecule has 114 valence electrons. The molecule has 2 heterocycles. The van der Waals surface area contributed by atoms with Crippen LogP contribution in [0.15, 0.2) is 12.4 Å². The molecule has 7 nitrogen and oxygen atoms in total. The van der Waals surface area contributed by atoms with Gasteiger partial charge in [0.2, 0.25) is 0 Å². The zero-order valence-corrected chi connectivity index (χ0v) is 12.6. The van der Waals surface area contributed by atoms with Crippen molar-refractivity contribution in [2.24, 2.45) is 5.41 Å². The number of aryl methyl sites for hydroxylation is 1. The standard InChI is InChI=1S/C14H21N5O2/c1-10-8-11(19-13(18-10)16-9-17-19)15-7-6-14(2,3)5-4-12(20)21/h8-9,15H,4-7H2,1-3H3,(H,20,21). The van der Waals surface area contributed by atoms with E-state index in [2.05, 4.69) is 34.2 Å². The van der Waals surface area contributed by atoms with Crippen molar-refractivity contribution in [3.63, 3.8) is 0 Å². The summed E-state index contributed by atoms with van der Waals surface area (Å²) in [6.45, 7) is 6.82. The van der Waals surface area contributed by atoms with Gasteiger partial charge in [-0.1, -0.05) is 13.8 Å². The van der Waals surface area contributed by atoms with E-state index in [4.69, 9.17) is 5.11 Å². The first-order chi connectivity index (χ1) is 9.87. The van der Waals surface area contributed by atoms with Gasteiger partial charge in [0.05, 0.1) is 0 Å². The Morgan fingerprint density at radius 2 is 2.19 bits per heavy atom. The number of carboxylic acids is 1. The van der Waals surface area contributed by atoms with Crippen LogP contribution < -0.4 is 5.32 Å². The normalized spacial score (nSPS) is 11.8. The van der Waals surface area contributed by atoms with Crippen molar-refractivity contribution in [1.29, 1.82) is 0 Å². The summed E-state index contributed by atoms with van der Waals surface area (Å²) < 4.78 is 1.66. The van der Waals surface area contributed by atoms with Gasteiger partial charge in [-0.15, -0.1) is 0 Å². The lowest BCUT2D eigenvalue weighted by Gasteiger charge is -2.24. The van der Waals surface area contributed by atoms with Gasteiger partial charge in [0.25, 0.3) is 5.78 Å². The Kier molecular flexibility index (Phi) is 4.40. The number of carboxylic acid groups (broad SMARTS) is 1. The van der Waals surface area contributed by atoms with Crippen LogP contribution in [0.4, 0.5) is 5.82 Å². The molecule has 0 atom stereocenters. The molecule has 0 spiro atoms. The molecule has 0 radical (unpaired) electrons. The van der Waals surface area contributed by atoms with Crippen LogP contribution in [0.25, 0.3) is 5.78 Å². The molecule has 2 rings (SSSR count). The molecule has 0 amide bonds. The molecule has 0 bridgehead atoms. The SMILES string of the molecule is Cc1cc(NCCC(C)(C)CCC(=O)O)n2ncnc2n1. The fraction of sp³-hybridized carbons (Fsp3) is 0.571. The van der Waals surface area contributed by atoms with Crippen molar-refractivity contribution < 1.29 is 9.90 Å². The summed E-state index contributed by atoms with van der Waals surface area (Å²) in [6, 6.07) is 1.92. The molecule has 0 aliphatic carbocycles. The summed E-state index contributed by atoms with van der Waals surface area (Å²) in [5.74, 6) is 0.678. The van der Waals surface area contributed by atoms with E-state index in [-0.39, 0.29) is 11.8 Å². The van der Waals surface area contributed by atoms with Crippen molar-refractivity contribution in [3.05, 3.63) is 18.1 Å². The van der Waals surface area contributed by atoms with Crippen molar-refractivity contribution in [1.82, 2.24) is 19.6 Å². The van der Waals surface area contributed by atoms with Crippen LogP contribution in [-0.4, -0.2) is 37.2 Å². The van der Waals surface area contributed by atoms with Crippen LogP contribution in [0.2, 0.25) is 0 Å². The molecule has 0 aromatic carbocycles. The second-order valence-corrected chi connectivity index (χ2v) is 5.99. The number of anilines is 1. The van der Waals surface area contributed by atoms with E-state index >= 15 is 0 Å². The van der Waals surface area contributed by atoms with Gasteiger partial charge in [0.1, 0.15) is 12.1 Å². The lowest BCUT2D eigenvalue weighted by Crippen LogP contribution is -2.19. The summed E-state index contributed by atoms with van der Waals surface area (Å²) in [6.07, 6.45) is 3.22. The van der Waals surface area contributed by atoms with Gasteiger partial charge < -0.3 is 10.4 Å². The highest BCUT2D eigenvalue weighted by molar-refractivity contribution is 5.66. The third kappa shape index (κ3) is 4.14. The molecular formula is C14H21N5O2. The molecule has 2 aromatic rings. The lowest BCUT2D eigenvalue weighted by molar-refractivity contribution is -0.137. The number of nitrogens with zero attached hydrogens (tertiary/aromatic N) is 4. The first kappa shape index (κ1) is 15.2. The average Bonchev–Trinajstić information content (AvgIpc) is 2.84. The molecule has 21 heavy (non-hydrogen) atoms. The summed E-state index contributed by atoms with van der Waals surface area (Å²) in [4.78, 5) is 19.0. The molecule has 0 unspecified atom stereocenters. The van der Waals surface area contributed by atoms with Gasteiger partial charge in [-0.05, 0) is 25.2 Å². The van der Waals surface area contributed by atoms with Gasteiger partial charge in [-0.25, -0.2) is 4.98 Å². The minimum absolute atomic E-state index is 0.0189. The first-order valence-electron chi connectivity index (χ1n) is 7.00. The van der Waals surface area contributed by atoms with Crippen LogP contribution in [-0.2, 0) is 4.79 Å². The lowest BCUT2D eigenvalue weighted by atomic mass is 9.84. The number of rotatable bonds is 7. The number of hydrogen-bond acceptors (Lipinski definition) is 5. The van der Waals surface area contributed by atoms with E-state index in [0.717, 1.165) is 24.5 Å². The fourth-order valence-corrected chi connectivity index (χ4v) is 2.16. The Morgan fingerprint density at radius 3 is 2.90 bits per heavy atom. The van der Waals surface area contributed by atoms with Crippen molar-refractivity contribution in [2.45, 2.75) is 40.0 Å². The molecule has 0 saturated heterocycles. The maximum absolute atomic E-state index is 10.7. The van der Waals surface area contributed by atoms with Crippen molar-refractivity contribution in [2.75, 3.05) is 11.9 Å². The minimum atomic E-state index is -0.745. The molecule has 2 N–H and O–H groups in total. The van der Waals surface area contributed by atoms with Gasteiger partial charge in [0.15, 0.2) is 0 Å². The molecule has 0 fully saturated rings. The molecule has 7 heteroatoms. The van der Waals surface area contributed by atoms with Crippen molar-refractivity contribution >= 4 is 17.6 Å². The van der Waals surface area contributed by atoms with Gasteiger partial charge in [0, 0.05) is 24.7 Å². The number of hydrogen-bond donors (Lipinski definition) is 2. The van der Waals surface area contributed by atoms with Gasteiger partial charge >= 0.3 is 5.97 Å². The van der Waals surface area contributed by atoms with Crippen LogP contribution >= 0.6 is 0 Å². The average molecular weight is 291 g/mol. The highest BCUT2D eigenvalue weighted by atomic mass is 16.4. The van der Waals surface area contributed by atoms with E-state index in [1.165, 1.54) is 6.33 Å². The van der Waals surface area contributed by atoms with E-state index < -0.39 is 5.97 Å². The Hall–Kier alpha value is -2.18. The van der Waals surface area contributed by atoms with Crippen LogP contribution in [0.1, 0.15) is 38.8 Å². The summed E-state index contributed by atoms with van der Waals surface area (Å²) >= 11 is 0. The molecule has 0 aliphatic heterocycles. The fourth-order valence-electron chi connectivity index (χ4n) is 2.16. The monoisotopic (exact) mass is 291 g/mol. The highest BCUT2D eigenvalue weighted by Gasteiger charge is 2.19. The third-order valence-electron chi connectivity index (χ3n) is 3.50. The van der Waals surface area contributed by atoms with E-state index in [0.29, 0.717) is 12.2 Å². The number of carbonyl (C=O) groups is 1.